The van der Waals surface area contributed by atoms with Crippen LogP contribution in [-0.2, 0) is 0 Å². The molecule has 4 heteroatoms. The van der Waals surface area contributed by atoms with Gasteiger partial charge in [0.1, 0.15) is 11.6 Å². The molecule has 2 aromatic rings. The third-order valence-corrected chi connectivity index (χ3v) is 3.50. The van der Waals surface area contributed by atoms with Crippen LogP contribution in [0.1, 0.15) is 31.3 Å². The molecule has 0 radical (unpaired) electrons. The maximum Gasteiger partial charge on any atom is 0.142 e. The van der Waals surface area contributed by atoms with Gasteiger partial charge in [0.25, 0.3) is 0 Å². The number of nitrogens with zero attached hydrogens (tertiary/aromatic N) is 4. The van der Waals surface area contributed by atoms with Crippen molar-refractivity contribution >= 4 is 22.3 Å². The zero-order chi connectivity index (χ0) is 13.4. The zero-order valence-corrected chi connectivity index (χ0v) is 11.5. The number of hydrogen-bond donors (Lipinski definition) is 0. The van der Waals surface area contributed by atoms with Crippen molar-refractivity contribution in [2.45, 2.75) is 26.7 Å². The van der Waals surface area contributed by atoms with Crippen LogP contribution in [0.15, 0.2) is 18.8 Å². The molecule has 0 fully saturated rings. The van der Waals surface area contributed by atoms with Crippen LogP contribution in [-0.4, -0.2) is 28.0 Å². The third kappa shape index (κ3) is 1.97. The van der Waals surface area contributed by atoms with Gasteiger partial charge in [-0.25, -0.2) is 9.97 Å². The van der Waals surface area contributed by atoms with Gasteiger partial charge in [-0.15, -0.1) is 0 Å². The van der Waals surface area contributed by atoms with E-state index in [9.17, 15) is 0 Å². The number of anilines is 1. The first kappa shape index (κ1) is 12.1. The number of rotatable bonds is 3. The Kier molecular flexibility index (Phi) is 2.93. The van der Waals surface area contributed by atoms with E-state index < -0.39 is 0 Å². The van der Waals surface area contributed by atoms with Crippen LogP contribution < -0.4 is 4.90 Å². The normalized spacial score (nSPS) is 14.2. The lowest BCUT2D eigenvalue weighted by atomic mass is 10.0. The van der Waals surface area contributed by atoms with E-state index in [4.69, 9.17) is 0 Å². The Morgan fingerprint density at radius 2 is 2.21 bits per heavy atom. The van der Waals surface area contributed by atoms with Crippen molar-refractivity contribution in [2.24, 2.45) is 0 Å². The molecule has 1 aliphatic heterocycles. The van der Waals surface area contributed by atoms with Gasteiger partial charge in [-0.1, -0.05) is 19.9 Å². The van der Waals surface area contributed by atoms with E-state index in [2.05, 4.69) is 33.4 Å². The maximum absolute atomic E-state index is 4.63. The summed E-state index contributed by atoms with van der Waals surface area (Å²) < 4.78 is 0. The Morgan fingerprint density at radius 3 is 3.00 bits per heavy atom. The molecule has 0 aromatic carbocycles. The van der Waals surface area contributed by atoms with Crippen LogP contribution in [0.3, 0.4) is 0 Å². The molecule has 0 bridgehead atoms. The third-order valence-electron chi connectivity index (χ3n) is 3.50. The zero-order valence-electron chi connectivity index (χ0n) is 11.5. The summed E-state index contributed by atoms with van der Waals surface area (Å²) in [5, 5.41) is 1.06. The molecule has 3 rings (SSSR count). The summed E-state index contributed by atoms with van der Waals surface area (Å²) in [6.45, 7) is 10.1. The predicted molar refractivity (Wildman–Crippen MR) is 78.2 cm³/mol. The molecule has 0 saturated heterocycles. The first-order valence-corrected chi connectivity index (χ1v) is 6.77. The lowest BCUT2D eigenvalue weighted by molar-refractivity contribution is 0.737. The highest BCUT2D eigenvalue weighted by Crippen LogP contribution is 2.34. The highest BCUT2D eigenvalue weighted by atomic mass is 15.2. The summed E-state index contributed by atoms with van der Waals surface area (Å²) in [4.78, 5) is 15.9. The standard InChI is InChI=1S/C15H18N4/c1-4-5-8-19-9-10(2)14-13-12(6-7-16-14)17-11(3)18-15(13)19/h6-7H,2,4-5,8-9H2,1,3H3. The molecular weight excluding hydrogens is 236 g/mol. The van der Waals surface area contributed by atoms with Crippen LogP contribution >= 0.6 is 0 Å². The van der Waals surface area contributed by atoms with E-state index >= 15 is 0 Å². The lowest BCUT2D eigenvalue weighted by Crippen LogP contribution is -2.31. The van der Waals surface area contributed by atoms with Crippen molar-refractivity contribution in [2.75, 3.05) is 18.0 Å². The van der Waals surface area contributed by atoms with E-state index in [0.717, 1.165) is 53.3 Å². The summed E-state index contributed by atoms with van der Waals surface area (Å²) in [6.07, 6.45) is 4.14. The molecule has 0 spiro atoms. The topological polar surface area (TPSA) is 41.9 Å². The van der Waals surface area contributed by atoms with Crippen LogP contribution in [0.4, 0.5) is 5.82 Å². The van der Waals surface area contributed by atoms with Gasteiger partial charge in [0.15, 0.2) is 0 Å². The Balaban J connectivity index is 2.22. The average molecular weight is 254 g/mol. The molecular formula is C15H18N4. The van der Waals surface area contributed by atoms with Gasteiger partial charge in [0, 0.05) is 19.3 Å². The first-order valence-electron chi connectivity index (χ1n) is 6.77. The van der Waals surface area contributed by atoms with Crippen molar-refractivity contribution in [3.63, 3.8) is 0 Å². The van der Waals surface area contributed by atoms with Crippen molar-refractivity contribution in [1.29, 1.82) is 0 Å². The SMILES string of the molecule is C=C1CN(CCCC)c2nc(C)nc3ccnc1c23. The molecule has 3 heterocycles. The molecule has 0 aliphatic carbocycles. The number of aromatic nitrogens is 3. The minimum atomic E-state index is 0.814. The van der Waals surface area contributed by atoms with Gasteiger partial charge in [0.05, 0.1) is 16.6 Å². The van der Waals surface area contributed by atoms with E-state index in [1.807, 2.05) is 13.0 Å². The Morgan fingerprint density at radius 1 is 1.37 bits per heavy atom. The monoisotopic (exact) mass is 254 g/mol. The van der Waals surface area contributed by atoms with Gasteiger partial charge in [-0.2, -0.15) is 0 Å². The highest BCUT2D eigenvalue weighted by molar-refractivity contribution is 6.00. The molecule has 19 heavy (non-hydrogen) atoms. The van der Waals surface area contributed by atoms with E-state index in [0.29, 0.717) is 0 Å². The average Bonchev–Trinajstić information content (AvgIpc) is 2.40. The van der Waals surface area contributed by atoms with E-state index in [1.165, 1.54) is 6.42 Å². The van der Waals surface area contributed by atoms with E-state index in [-0.39, 0.29) is 0 Å². The van der Waals surface area contributed by atoms with Crippen molar-refractivity contribution < 1.29 is 0 Å². The summed E-state index contributed by atoms with van der Waals surface area (Å²) in [5.41, 5.74) is 2.98. The largest absolute Gasteiger partial charge is 0.352 e. The molecule has 1 aliphatic rings. The van der Waals surface area contributed by atoms with Gasteiger partial charge >= 0.3 is 0 Å². The fourth-order valence-corrected chi connectivity index (χ4v) is 2.58. The molecule has 2 aromatic heterocycles. The number of aryl methyl sites for hydroxylation is 1. The highest BCUT2D eigenvalue weighted by Gasteiger charge is 2.24. The van der Waals surface area contributed by atoms with Crippen molar-refractivity contribution in [3.05, 3.63) is 30.4 Å². The number of unbranched alkanes of at least 4 members (excludes halogenated alkanes) is 1. The summed E-state index contributed by atoms with van der Waals surface area (Å²) >= 11 is 0. The number of pyridine rings is 1. The second-order valence-corrected chi connectivity index (χ2v) is 5.03. The minimum Gasteiger partial charge on any atom is -0.352 e. The van der Waals surface area contributed by atoms with Crippen molar-refractivity contribution in [1.82, 2.24) is 15.0 Å². The van der Waals surface area contributed by atoms with Gasteiger partial charge < -0.3 is 4.90 Å². The molecule has 4 nitrogen and oxygen atoms in total. The van der Waals surface area contributed by atoms with Gasteiger partial charge in [-0.05, 0) is 25.0 Å². The Labute approximate surface area is 113 Å². The van der Waals surface area contributed by atoms with Gasteiger partial charge in [-0.3, -0.25) is 4.98 Å². The second kappa shape index (κ2) is 4.61. The smallest absolute Gasteiger partial charge is 0.142 e. The lowest BCUT2D eigenvalue weighted by Gasteiger charge is -2.30. The fraction of sp³-hybridized carbons (Fsp3) is 0.400. The quantitative estimate of drug-likeness (QED) is 0.844. The first-order chi connectivity index (χ1) is 9.20. The second-order valence-electron chi connectivity index (χ2n) is 5.03. The number of hydrogen-bond acceptors (Lipinski definition) is 4. The summed E-state index contributed by atoms with van der Waals surface area (Å²) in [6, 6.07) is 1.95. The van der Waals surface area contributed by atoms with Gasteiger partial charge in [0.2, 0.25) is 0 Å². The van der Waals surface area contributed by atoms with Crippen LogP contribution in [0.2, 0.25) is 0 Å². The Hall–Kier alpha value is -1.97. The molecule has 0 N–H and O–H groups in total. The molecule has 0 atom stereocenters. The summed E-state index contributed by atoms with van der Waals surface area (Å²) in [5.74, 6) is 1.83. The van der Waals surface area contributed by atoms with E-state index in [1.54, 1.807) is 6.20 Å². The predicted octanol–water partition coefficient (Wildman–Crippen LogP) is 2.97. The Bertz CT molecular complexity index is 648. The summed E-state index contributed by atoms with van der Waals surface area (Å²) in [7, 11) is 0. The molecule has 98 valence electrons. The minimum absolute atomic E-state index is 0.814. The van der Waals surface area contributed by atoms with Crippen molar-refractivity contribution in [3.8, 4) is 0 Å². The molecule has 0 amide bonds. The van der Waals surface area contributed by atoms with Crippen LogP contribution in [0.25, 0.3) is 16.5 Å². The van der Waals surface area contributed by atoms with Crippen LogP contribution in [0, 0.1) is 6.92 Å². The van der Waals surface area contributed by atoms with Crippen LogP contribution in [0.5, 0.6) is 0 Å². The maximum atomic E-state index is 4.63. The molecule has 0 unspecified atom stereocenters. The fourth-order valence-electron chi connectivity index (χ4n) is 2.58. The molecule has 0 saturated carbocycles.